The lowest BCUT2D eigenvalue weighted by molar-refractivity contribution is -0.131. The van der Waals surface area contributed by atoms with E-state index >= 15 is 0 Å². The molecule has 0 amide bonds. The van der Waals surface area contributed by atoms with E-state index < -0.39 is 8.32 Å². The van der Waals surface area contributed by atoms with Gasteiger partial charge in [-0.15, -0.1) is 0 Å². The van der Waals surface area contributed by atoms with E-state index in [2.05, 4.69) is 27.4 Å². The molecule has 0 fully saturated rings. The third-order valence-electron chi connectivity index (χ3n) is 7.62. The molecule has 0 bridgehead atoms. The lowest BCUT2D eigenvalue weighted by Gasteiger charge is -2.32. The van der Waals surface area contributed by atoms with Gasteiger partial charge in [0.05, 0.1) is 0 Å². The highest BCUT2D eigenvalue weighted by atomic mass is 28.4. The monoisotopic (exact) mass is 508 g/mol. The zero-order chi connectivity index (χ0) is 26.0. The van der Waals surface area contributed by atoms with Gasteiger partial charge in [0.2, 0.25) is 0 Å². The second-order valence-corrected chi connectivity index (χ2v) is 15.4. The molecule has 0 rings (SSSR count). The first-order valence-electron chi connectivity index (χ1n) is 15.9. The van der Waals surface area contributed by atoms with E-state index in [9.17, 15) is 4.79 Å². The van der Waals surface area contributed by atoms with Gasteiger partial charge in [0, 0.05) is 5.57 Å². The average Bonchev–Trinajstić information content (AvgIpc) is 2.84. The van der Waals surface area contributed by atoms with E-state index in [0.717, 1.165) is 0 Å². The Morgan fingerprint density at radius 1 is 0.514 bits per heavy atom. The highest BCUT2D eigenvalue weighted by molar-refractivity contribution is 6.75. The molecular formula is C32H64O2Si. The second-order valence-electron chi connectivity index (χ2n) is 11.3. The van der Waals surface area contributed by atoms with E-state index in [1.807, 2.05) is 6.92 Å². The van der Waals surface area contributed by atoms with Crippen LogP contribution in [0.15, 0.2) is 12.2 Å². The summed E-state index contributed by atoms with van der Waals surface area (Å²) in [5.74, 6) is -0.110. The van der Waals surface area contributed by atoms with Crippen LogP contribution in [0.25, 0.3) is 0 Å². The van der Waals surface area contributed by atoms with E-state index in [1.165, 1.54) is 159 Å². The van der Waals surface area contributed by atoms with Crippen molar-refractivity contribution in [3.63, 3.8) is 0 Å². The van der Waals surface area contributed by atoms with E-state index in [4.69, 9.17) is 4.43 Å². The van der Waals surface area contributed by atoms with Crippen LogP contribution >= 0.6 is 0 Å². The van der Waals surface area contributed by atoms with Crippen LogP contribution in [0.5, 0.6) is 0 Å². The van der Waals surface area contributed by atoms with Crippen molar-refractivity contribution in [1.29, 1.82) is 0 Å². The van der Waals surface area contributed by atoms with Crippen LogP contribution in [0.2, 0.25) is 18.1 Å². The zero-order valence-electron chi connectivity index (χ0n) is 24.7. The highest BCUT2D eigenvalue weighted by Crippen LogP contribution is 2.32. The van der Waals surface area contributed by atoms with Crippen molar-refractivity contribution in [3.05, 3.63) is 12.2 Å². The first kappa shape index (κ1) is 34.4. The van der Waals surface area contributed by atoms with Crippen molar-refractivity contribution in [1.82, 2.24) is 0 Å². The first-order valence-corrected chi connectivity index (χ1v) is 18.4. The quantitative estimate of drug-likeness (QED) is 0.0626. The van der Waals surface area contributed by atoms with Crippen LogP contribution in [-0.4, -0.2) is 14.3 Å². The number of carbonyl (C=O) groups is 1. The Hall–Kier alpha value is -0.573. The molecule has 0 atom stereocenters. The minimum absolute atomic E-state index is 0.110. The Morgan fingerprint density at radius 3 is 1.03 bits per heavy atom. The minimum atomic E-state index is -2.06. The summed E-state index contributed by atoms with van der Waals surface area (Å²) in [5, 5.41) is 0. The normalized spacial score (nSPS) is 11.7. The van der Waals surface area contributed by atoms with Crippen LogP contribution in [0, 0.1) is 0 Å². The molecular weight excluding hydrogens is 444 g/mol. The Labute approximate surface area is 222 Å². The molecule has 0 aromatic carbocycles. The Balaban J connectivity index is 4.76. The molecule has 2 nitrogen and oxygen atoms in total. The van der Waals surface area contributed by atoms with Crippen molar-refractivity contribution in [2.75, 3.05) is 0 Å². The predicted molar refractivity (Wildman–Crippen MR) is 160 cm³/mol. The molecule has 0 spiro atoms. The maximum atomic E-state index is 12.7. The smallest absolute Gasteiger partial charge is 0.319 e. The van der Waals surface area contributed by atoms with Crippen LogP contribution in [0.3, 0.4) is 0 Å². The van der Waals surface area contributed by atoms with Crippen molar-refractivity contribution in [3.8, 4) is 0 Å². The molecule has 0 unspecified atom stereocenters. The summed E-state index contributed by atoms with van der Waals surface area (Å²) in [4.78, 5) is 12.7. The number of unbranched alkanes of at least 4 members (excludes halogenated alkanes) is 19. The maximum absolute atomic E-state index is 12.7. The lowest BCUT2D eigenvalue weighted by Crippen LogP contribution is -2.40. The summed E-state index contributed by atoms with van der Waals surface area (Å²) in [7, 11) is -2.06. The first-order chi connectivity index (χ1) is 17.0. The topological polar surface area (TPSA) is 26.3 Å². The van der Waals surface area contributed by atoms with Gasteiger partial charge < -0.3 is 4.43 Å². The summed E-state index contributed by atoms with van der Waals surface area (Å²) in [6.45, 7) is 12.6. The van der Waals surface area contributed by atoms with Crippen LogP contribution in [0.4, 0.5) is 0 Å². The van der Waals surface area contributed by atoms with E-state index in [-0.39, 0.29) is 5.97 Å². The molecule has 0 N–H and O–H groups in total. The molecule has 0 heterocycles. The largest absolute Gasteiger partial charge is 0.516 e. The Bertz CT molecular complexity index is 472. The van der Waals surface area contributed by atoms with Gasteiger partial charge in [-0.3, -0.25) is 0 Å². The average molecular weight is 509 g/mol. The molecule has 3 heteroatoms. The molecule has 0 aliphatic rings. The predicted octanol–water partition coefficient (Wildman–Crippen LogP) is 11.7. The highest BCUT2D eigenvalue weighted by Gasteiger charge is 2.37. The van der Waals surface area contributed by atoms with Crippen molar-refractivity contribution >= 4 is 14.3 Å². The summed E-state index contributed by atoms with van der Waals surface area (Å²) in [6.07, 6.45) is 29.4. The van der Waals surface area contributed by atoms with Gasteiger partial charge in [-0.2, -0.15) is 0 Å². The van der Waals surface area contributed by atoms with E-state index in [1.54, 1.807) is 0 Å². The molecule has 0 aromatic heterocycles. The van der Waals surface area contributed by atoms with Gasteiger partial charge in [-0.25, -0.2) is 4.79 Å². The summed E-state index contributed by atoms with van der Waals surface area (Å²) in [5.41, 5.74) is 0.579. The maximum Gasteiger partial charge on any atom is 0.319 e. The number of rotatable bonds is 27. The van der Waals surface area contributed by atoms with Crippen molar-refractivity contribution in [2.45, 2.75) is 187 Å². The van der Waals surface area contributed by atoms with Gasteiger partial charge in [0.1, 0.15) is 0 Å². The van der Waals surface area contributed by atoms with Crippen LogP contribution in [0.1, 0.15) is 169 Å². The molecule has 0 saturated heterocycles. The van der Waals surface area contributed by atoms with Crippen LogP contribution < -0.4 is 0 Å². The summed E-state index contributed by atoms with van der Waals surface area (Å²) >= 11 is 0. The summed E-state index contributed by atoms with van der Waals surface area (Å²) in [6, 6.07) is 3.52. The van der Waals surface area contributed by atoms with Crippen molar-refractivity contribution in [2.24, 2.45) is 0 Å². The van der Waals surface area contributed by atoms with Crippen molar-refractivity contribution < 1.29 is 9.22 Å². The molecule has 208 valence electrons. The molecule has 0 radical (unpaired) electrons. The zero-order valence-corrected chi connectivity index (χ0v) is 25.7. The lowest BCUT2D eigenvalue weighted by atomic mass is 10.1. The molecule has 0 aromatic rings. The number of hydrogen-bond acceptors (Lipinski definition) is 2. The van der Waals surface area contributed by atoms with Crippen LogP contribution in [-0.2, 0) is 9.22 Å². The van der Waals surface area contributed by atoms with Gasteiger partial charge in [0.25, 0.3) is 8.32 Å². The Kier molecular flexibility index (Phi) is 24.7. The fourth-order valence-electron chi connectivity index (χ4n) is 5.20. The summed E-state index contributed by atoms with van der Waals surface area (Å²) < 4.78 is 6.44. The fraction of sp³-hybridized carbons (Fsp3) is 0.906. The van der Waals surface area contributed by atoms with E-state index in [0.29, 0.717) is 5.57 Å². The molecule has 0 saturated carbocycles. The van der Waals surface area contributed by atoms with Gasteiger partial charge in [0.15, 0.2) is 0 Å². The SMILES string of the molecule is C=C(C)C(=O)O[Si](CCCCCCCC)(CCCCCCCC)CCCCCCCCCCCC. The second kappa shape index (κ2) is 25.1. The number of hydrogen-bond donors (Lipinski definition) is 0. The number of carbonyl (C=O) groups excluding carboxylic acids is 1. The standard InChI is InChI=1S/C32H64O2Si/c1-6-9-12-15-18-19-20-21-24-27-30-35(34-32(33)31(4)5,28-25-22-16-13-10-7-2)29-26-23-17-14-11-8-3/h4,6-30H2,1-3,5H3. The molecule has 35 heavy (non-hydrogen) atoms. The van der Waals surface area contributed by atoms with Gasteiger partial charge >= 0.3 is 5.97 Å². The molecule has 0 aliphatic carbocycles. The minimum Gasteiger partial charge on any atom is -0.516 e. The molecule has 0 aliphatic heterocycles. The van der Waals surface area contributed by atoms with Gasteiger partial charge in [-0.05, 0) is 25.1 Å². The van der Waals surface area contributed by atoms with Gasteiger partial charge in [-0.1, -0.05) is 169 Å². The third-order valence-corrected chi connectivity index (χ3v) is 12.0. The Morgan fingerprint density at radius 2 is 0.771 bits per heavy atom. The third kappa shape index (κ3) is 21.2. The fourth-order valence-corrected chi connectivity index (χ4v) is 9.51.